The minimum Gasteiger partial charge on any atom is -0.396 e. The molecule has 0 bridgehead atoms. The van der Waals surface area contributed by atoms with Gasteiger partial charge in [0.15, 0.2) is 0 Å². The first kappa shape index (κ1) is 80.3. The van der Waals surface area contributed by atoms with Crippen molar-refractivity contribution >= 4 is 71.6 Å². The molecule has 18 heteroatoms. The normalized spacial score (nSPS) is 14.8. The molecule has 490 valence electrons. The van der Waals surface area contributed by atoms with E-state index in [2.05, 4.69) is 186 Å². The highest BCUT2D eigenvalue weighted by Gasteiger charge is 2.24. The lowest BCUT2D eigenvalue weighted by molar-refractivity contribution is -0.0228. The summed E-state index contributed by atoms with van der Waals surface area (Å²) < 4.78 is 0. The lowest BCUT2D eigenvalue weighted by atomic mass is 9.82. The van der Waals surface area contributed by atoms with E-state index in [1.165, 1.54) is 58.1 Å². The van der Waals surface area contributed by atoms with Gasteiger partial charge >= 0.3 is 0 Å². The van der Waals surface area contributed by atoms with Crippen molar-refractivity contribution in [2.45, 2.75) is 198 Å². The molecule has 2 aliphatic rings. The maximum absolute atomic E-state index is 9.32. The van der Waals surface area contributed by atoms with Crippen LogP contribution < -0.4 is 21.3 Å². The predicted molar refractivity (Wildman–Crippen MR) is 382 cm³/mol. The van der Waals surface area contributed by atoms with Crippen LogP contribution in [0.1, 0.15) is 188 Å². The maximum atomic E-state index is 9.32. The van der Waals surface area contributed by atoms with E-state index in [4.69, 9.17) is 10.2 Å². The maximum Gasteiger partial charge on any atom is 0.224 e. The number of aliphatic hydroxyl groups is 4. The molecular formula is C70H114N12O4S2. The minimum absolute atomic E-state index is 0.187. The van der Waals surface area contributed by atoms with E-state index in [1.807, 2.05) is 71.7 Å². The van der Waals surface area contributed by atoms with Gasteiger partial charge in [-0.1, -0.05) is 131 Å². The van der Waals surface area contributed by atoms with E-state index in [9.17, 15) is 10.2 Å². The van der Waals surface area contributed by atoms with E-state index in [1.54, 1.807) is 29.7 Å². The van der Waals surface area contributed by atoms with Gasteiger partial charge < -0.3 is 46.7 Å². The number of benzene rings is 2. The Morgan fingerprint density at radius 2 is 1.50 bits per heavy atom. The number of aryl methyl sites for hydroxylation is 3. The van der Waals surface area contributed by atoms with Crippen LogP contribution in [-0.2, 0) is 30.1 Å². The highest BCUT2D eigenvalue weighted by Crippen LogP contribution is 2.29. The Balaban J connectivity index is 0.000000573. The van der Waals surface area contributed by atoms with Gasteiger partial charge in [-0.25, -0.2) is 19.9 Å². The Morgan fingerprint density at radius 1 is 0.864 bits per heavy atom. The van der Waals surface area contributed by atoms with Gasteiger partial charge in [-0.05, 0) is 170 Å². The van der Waals surface area contributed by atoms with Crippen LogP contribution in [0.4, 0.5) is 11.8 Å². The van der Waals surface area contributed by atoms with Crippen LogP contribution in [0.25, 0.3) is 11.6 Å². The largest absolute Gasteiger partial charge is 0.396 e. The van der Waals surface area contributed by atoms with Gasteiger partial charge in [-0.3, -0.25) is 9.98 Å². The van der Waals surface area contributed by atoms with Gasteiger partial charge in [0.2, 0.25) is 5.95 Å². The second-order valence-electron chi connectivity index (χ2n) is 23.6. The molecule has 2 aromatic carbocycles. The lowest BCUT2D eigenvalue weighted by Crippen LogP contribution is -2.21. The molecule has 4 heterocycles. The summed E-state index contributed by atoms with van der Waals surface area (Å²) in [5.41, 5.74) is 10.1. The zero-order chi connectivity index (χ0) is 65.9. The van der Waals surface area contributed by atoms with Gasteiger partial charge in [0.05, 0.1) is 15.6 Å². The van der Waals surface area contributed by atoms with E-state index in [0.717, 1.165) is 116 Å². The molecule has 7 rings (SSSR count). The van der Waals surface area contributed by atoms with Gasteiger partial charge in [-0.15, -0.1) is 22.7 Å². The number of aliphatic hydroxyl groups excluding tert-OH is 3. The number of rotatable bonds is 23. The van der Waals surface area contributed by atoms with Crippen molar-refractivity contribution in [2.75, 3.05) is 64.1 Å². The van der Waals surface area contributed by atoms with Gasteiger partial charge in [0, 0.05) is 92.3 Å². The molecule has 0 spiro atoms. The Bertz CT molecular complexity index is 2770. The topological polar surface area (TPSA) is 230 Å². The molecule has 1 aliphatic heterocycles. The van der Waals surface area contributed by atoms with Crippen molar-refractivity contribution in [1.82, 2.24) is 30.6 Å². The van der Waals surface area contributed by atoms with E-state index in [-0.39, 0.29) is 18.6 Å². The van der Waals surface area contributed by atoms with Crippen LogP contribution in [-0.4, -0.2) is 132 Å². The zero-order valence-corrected chi connectivity index (χ0v) is 58.5. The number of hydrogen-bond acceptors (Lipinski definition) is 17. The summed E-state index contributed by atoms with van der Waals surface area (Å²) in [5, 5.41) is 49.4. The lowest BCUT2D eigenvalue weighted by Gasteiger charge is -2.23. The quantitative estimate of drug-likeness (QED) is 0.0132. The molecule has 1 fully saturated rings. The fourth-order valence-electron chi connectivity index (χ4n) is 8.65. The Morgan fingerprint density at radius 3 is 2.01 bits per heavy atom. The SMILES string of the molecule is C=NC=N/C(C)=C(\CNCCC(CC)CO)c1ncc(C)s1.CC(O)O.CCC.CCC(C)(C)c1ccc(CCNC)cc1.CCC=NC.Cc1cc(NC2CCC(CO)C2)nc(NCCc2ccc(C(C)(C)C)cc2)n1.Cc1nc2c(s1)C=CN=CC2. The van der Waals surface area contributed by atoms with Crippen molar-refractivity contribution in [3.8, 4) is 0 Å². The number of likely N-dealkylation sites (N-methyl/N-ethyl adjacent to an activating group) is 1. The molecule has 0 radical (unpaired) electrons. The Labute approximate surface area is 539 Å². The standard InChI is InChI=1S/C23H34N4O.C16H26N4OS.C14H23N.C8H8N2S.C4H9N.C3H8.C2H6O2/c1-16-13-21(26-20-10-7-18(14-20)15-28)27-22(25-16)24-12-11-17-5-8-19(9-6-17)23(2,3)4;1-5-14(10-21)6-7-18-9-15(13(3)20-11-17-4)16-19-8-12(2)22-16;1-5-14(2,3)13-8-6-12(7-9-13)10-11-15-4;1-6-10-7-2-4-9-5-3-8(7)11-6;1-3-4-5-2;1-3-2;1-2(3)4/h5-6,8-9,13,18,20,28H,7,10-12,14-15H2,1-4H3,(H2,24,25,26,27);8,11,14,18,21H,4-7,9-10H2,1-3H3;6-9,15H,5,10-11H2,1-4H3;3-5H,2H2,1H3;4H,3H2,1-2H3;3H2,1-2H3;2-4H,1H3/b;15-13+,20-11?;;;;;. The summed E-state index contributed by atoms with van der Waals surface area (Å²) in [6, 6.07) is 20.3. The molecule has 3 unspecified atom stereocenters. The molecule has 0 saturated heterocycles. The number of aliphatic imine (C=N–C) groups is 4. The third-order valence-corrected chi connectivity index (χ3v) is 16.2. The first-order valence-electron chi connectivity index (χ1n) is 31.6. The van der Waals surface area contributed by atoms with Crippen molar-refractivity contribution < 1.29 is 20.4 Å². The summed E-state index contributed by atoms with van der Waals surface area (Å²) in [7, 11) is 3.78. The molecule has 3 atom stereocenters. The highest BCUT2D eigenvalue weighted by atomic mass is 32.1. The number of nitrogens with one attached hydrogen (secondary N) is 4. The van der Waals surface area contributed by atoms with Gasteiger partial charge in [-0.2, -0.15) is 4.98 Å². The Hall–Kier alpha value is -5.70. The first-order chi connectivity index (χ1) is 42.0. The molecule has 0 amide bonds. The van der Waals surface area contributed by atoms with Gasteiger partial charge in [0.1, 0.15) is 23.5 Å². The Kier molecular flexibility index (Phi) is 42.3. The summed E-state index contributed by atoms with van der Waals surface area (Å²) >= 11 is 3.39. The molecular weight excluding hydrogens is 1140 g/mol. The minimum atomic E-state index is -1.17. The van der Waals surface area contributed by atoms with Crippen molar-refractivity contribution in [2.24, 2.45) is 31.8 Å². The third-order valence-electron chi connectivity index (χ3n) is 14.2. The average molecular weight is 1250 g/mol. The molecule has 3 aromatic heterocycles. The molecule has 8 N–H and O–H groups in total. The fraction of sp³-hybridized carbons (Fsp3) is 0.571. The summed E-state index contributed by atoms with van der Waals surface area (Å²) in [6.07, 6.45) is 21.3. The number of fused-ring (bicyclic) bond motifs is 1. The average Bonchev–Trinajstić information content (AvgIpc) is 2.85. The molecule has 1 aliphatic carbocycles. The first-order valence-corrected chi connectivity index (χ1v) is 33.2. The summed E-state index contributed by atoms with van der Waals surface area (Å²) in [6.45, 7) is 38.6. The summed E-state index contributed by atoms with van der Waals surface area (Å²) in [5.74, 6) is 2.33. The predicted octanol–water partition coefficient (Wildman–Crippen LogP) is 14.2. The fourth-order valence-corrected chi connectivity index (χ4v) is 10.4. The molecule has 16 nitrogen and oxygen atoms in total. The monoisotopic (exact) mass is 1250 g/mol. The van der Waals surface area contributed by atoms with Gasteiger partial charge in [0.25, 0.3) is 0 Å². The number of nitrogens with zero attached hydrogens (tertiary/aromatic N) is 8. The van der Waals surface area contributed by atoms with Crippen LogP contribution in [0.3, 0.4) is 0 Å². The highest BCUT2D eigenvalue weighted by molar-refractivity contribution is 7.12. The van der Waals surface area contributed by atoms with Crippen LogP contribution >= 0.6 is 22.7 Å². The number of thiazole rings is 2. The van der Waals surface area contributed by atoms with E-state index >= 15 is 0 Å². The van der Waals surface area contributed by atoms with Crippen molar-refractivity contribution in [3.05, 3.63) is 126 Å². The molecule has 1 saturated carbocycles. The number of aromatic nitrogens is 4. The summed E-state index contributed by atoms with van der Waals surface area (Å²) in [4.78, 5) is 36.1. The number of hydrogen-bond donors (Lipinski definition) is 8. The van der Waals surface area contributed by atoms with Crippen LogP contribution in [0.15, 0.2) is 92.7 Å². The molecule has 88 heavy (non-hydrogen) atoms. The second kappa shape index (κ2) is 46.4. The van der Waals surface area contributed by atoms with Crippen LogP contribution in [0.5, 0.6) is 0 Å². The smallest absolute Gasteiger partial charge is 0.224 e. The van der Waals surface area contributed by atoms with Crippen LogP contribution in [0, 0.1) is 32.6 Å². The zero-order valence-electron chi connectivity index (χ0n) is 56.9. The number of anilines is 2. The number of allylic oxidation sites excluding steroid dienone is 1. The van der Waals surface area contributed by atoms with Crippen LogP contribution in [0.2, 0.25) is 0 Å². The molecule has 5 aromatic rings. The second-order valence-corrected chi connectivity index (χ2v) is 26.1. The van der Waals surface area contributed by atoms with E-state index < -0.39 is 6.29 Å². The van der Waals surface area contributed by atoms with E-state index in [0.29, 0.717) is 35.8 Å². The van der Waals surface area contributed by atoms with Crippen molar-refractivity contribution in [1.29, 1.82) is 0 Å². The van der Waals surface area contributed by atoms with Crippen molar-refractivity contribution in [3.63, 3.8) is 0 Å². The third kappa shape index (κ3) is 34.9.